The molecule has 9 heteroatoms. The lowest BCUT2D eigenvalue weighted by molar-refractivity contribution is -0.131. The quantitative estimate of drug-likeness (QED) is 0.358. The summed E-state index contributed by atoms with van der Waals surface area (Å²) in [5.74, 6) is 0.965. The molecule has 0 saturated carbocycles. The number of benzene rings is 2. The zero-order chi connectivity index (χ0) is 24.2. The molecular weight excluding hydrogens is 478 g/mol. The van der Waals surface area contributed by atoms with Crippen molar-refractivity contribution in [3.63, 3.8) is 0 Å². The fourth-order valence-corrected chi connectivity index (χ4v) is 5.71. The highest BCUT2D eigenvalue weighted by Crippen LogP contribution is 2.30. The van der Waals surface area contributed by atoms with Crippen molar-refractivity contribution < 1.29 is 9.59 Å². The van der Waals surface area contributed by atoms with Crippen LogP contribution in [0.4, 0.5) is 0 Å². The van der Waals surface area contributed by atoms with Crippen molar-refractivity contribution in [3.8, 4) is 0 Å². The molecule has 3 heterocycles. The Bertz CT molecular complexity index is 1290. The minimum Gasteiger partial charge on any atom is -0.343 e. The first-order chi connectivity index (χ1) is 17.1. The van der Waals surface area contributed by atoms with E-state index in [-0.39, 0.29) is 17.7 Å². The summed E-state index contributed by atoms with van der Waals surface area (Å²) in [6.07, 6.45) is 4.21. The zero-order valence-corrected chi connectivity index (χ0v) is 21.1. The summed E-state index contributed by atoms with van der Waals surface area (Å²) < 4.78 is 0. The Morgan fingerprint density at radius 2 is 1.89 bits per heavy atom. The van der Waals surface area contributed by atoms with Crippen molar-refractivity contribution >= 4 is 45.9 Å². The highest BCUT2D eigenvalue weighted by atomic mass is 32.2. The van der Waals surface area contributed by atoms with Gasteiger partial charge >= 0.3 is 0 Å². The molecule has 0 spiro atoms. The molecule has 1 fully saturated rings. The molecule has 2 aromatic heterocycles. The Morgan fingerprint density at radius 1 is 1.11 bits per heavy atom. The third-order valence-corrected chi connectivity index (χ3v) is 8.07. The molecule has 0 aliphatic carbocycles. The van der Waals surface area contributed by atoms with Crippen LogP contribution in [0.15, 0.2) is 58.8 Å². The van der Waals surface area contributed by atoms with Crippen LogP contribution in [-0.4, -0.2) is 51.0 Å². The fourth-order valence-electron chi connectivity index (χ4n) is 4.33. The third-order valence-electron chi connectivity index (χ3n) is 6.32. The molecule has 1 aliphatic heterocycles. The molecule has 2 aromatic carbocycles. The van der Waals surface area contributed by atoms with Gasteiger partial charge in [-0.05, 0) is 48.9 Å². The number of para-hydroxylation sites is 2. The van der Waals surface area contributed by atoms with E-state index in [0.717, 1.165) is 47.5 Å². The Kier molecular flexibility index (Phi) is 7.15. The highest BCUT2D eigenvalue weighted by molar-refractivity contribution is 7.98. The largest absolute Gasteiger partial charge is 0.343 e. The Hall–Kier alpha value is -3.17. The molecule has 0 radical (unpaired) electrons. The van der Waals surface area contributed by atoms with Crippen molar-refractivity contribution in [1.82, 2.24) is 25.2 Å². The van der Waals surface area contributed by atoms with Crippen molar-refractivity contribution in [1.29, 1.82) is 0 Å². The van der Waals surface area contributed by atoms with Gasteiger partial charge in [0.05, 0.1) is 29.0 Å². The maximum Gasteiger partial charge on any atom is 0.271 e. The van der Waals surface area contributed by atoms with Gasteiger partial charge in [-0.3, -0.25) is 9.59 Å². The lowest BCUT2D eigenvalue weighted by atomic mass is 9.97. The highest BCUT2D eigenvalue weighted by Gasteiger charge is 2.26. The molecule has 180 valence electrons. The SMILES string of the molecule is CSc1ccc(CC(=O)N2CCC(c3nc(C(=O)NCc4nc5ccccc5[nH]4)cs3)CC2)cc1. The van der Waals surface area contributed by atoms with E-state index in [2.05, 4.69) is 32.4 Å². The Morgan fingerprint density at radius 3 is 2.63 bits per heavy atom. The fraction of sp³-hybridized carbons (Fsp3) is 0.308. The molecule has 5 rings (SSSR count). The van der Waals surface area contributed by atoms with E-state index in [1.807, 2.05) is 52.9 Å². The second-order valence-corrected chi connectivity index (χ2v) is 10.4. The summed E-state index contributed by atoms with van der Waals surface area (Å²) in [6, 6.07) is 16.0. The van der Waals surface area contributed by atoms with Crippen LogP contribution in [0.5, 0.6) is 0 Å². The molecule has 4 aromatic rings. The van der Waals surface area contributed by atoms with Gasteiger partial charge in [-0.2, -0.15) is 0 Å². The molecule has 0 unspecified atom stereocenters. The predicted molar refractivity (Wildman–Crippen MR) is 140 cm³/mol. The summed E-state index contributed by atoms with van der Waals surface area (Å²) >= 11 is 3.22. The number of nitrogens with one attached hydrogen (secondary N) is 2. The van der Waals surface area contributed by atoms with Crippen LogP contribution in [-0.2, 0) is 17.8 Å². The average molecular weight is 506 g/mol. The standard InChI is InChI=1S/C26H27N5O2S2/c1-34-19-8-6-17(7-9-19)14-24(32)31-12-10-18(11-13-31)26-30-22(16-35-26)25(33)27-15-23-28-20-4-2-3-5-21(20)29-23/h2-9,16,18H,10-15H2,1H3,(H,27,33)(H,28,29). The lowest BCUT2D eigenvalue weighted by Crippen LogP contribution is -2.38. The van der Waals surface area contributed by atoms with E-state index in [0.29, 0.717) is 24.5 Å². The first-order valence-electron chi connectivity index (χ1n) is 11.7. The van der Waals surface area contributed by atoms with Crippen LogP contribution < -0.4 is 5.32 Å². The predicted octanol–water partition coefficient (Wildman–Crippen LogP) is 4.62. The van der Waals surface area contributed by atoms with E-state index in [4.69, 9.17) is 0 Å². The van der Waals surface area contributed by atoms with Crippen molar-refractivity contribution in [2.75, 3.05) is 19.3 Å². The molecule has 1 saturated heterocycles. The molecule has 0 atom stereocenters. The first kappa shape index (κ1) is 23.6. The number of thioether (sulfide) groups is 1. The molecular formula is C26H27N5O2S2. The van der Waals surface area contributed by atoms with Crippen LogP contribution >= 0.6 is 23.1 Å². The van der Waals surface area contributed by atoms with Crippen LogP contribution in [0, 0.1) is 0 Å². The number of thiazole rings is 1. The number of piperidine rings is 1. The number of imidazole rings is 1. The molecule has 1 aliphatic rings. The number of nitrogens with zero attached hydrogens (tertiary/aromatic N) is 3. The maximum absolute atomic E-state index is 12.8. The lowest BCUT2D eigenvalue weighted by Gasteiger charge is -2.31. The minimum atomic E-state index is -0.201. The van der Waals surface area contributed by atoms with E-state index < -0.39 is 0 Å². The van der Waals surface area contributed by atoms with E-state index >= 15 is 0 Å². The van der Waals surface area contributed by atoms with Gasteiger partial charge in [-0.15, -0.1) is 23.1 Å². The Balaban J connectivity index is 1.11. The van der Waals surface area contributed by atoms with Gasteiger partial charge in [-0.1, -0.05) is 24.3 Å². The number of carbonyl (C=O) groups excluding carboxylic acids is 2. The number of rotatable bonds is 7. The number of aromatic nitrogens is 3. The number of aromatic amines is 1. The monoisotopic (exact) mass is 505 g/mol. The van der Waals surface area contributed by atoms with E-state index in [9.17, 15) is 9.59 Å². The van der Waals surface area contributed by atoms with Gasteiger partial charge in [0.1, 0.15) is 11.5 Å². The van der Waals surface area contributed by atoms with Gasteiger partial charge < -0.3 is 15.2 Å². The van der Waals surface area contributed by atoms with Crippen LogP contribution in [0.25, 0.3) is 11.0 Å². The van der Waals surface area contributed by atoms with E-state index in [1.54, 1.807) is 11.8 Å². The number of H-pyrrole nitrogens is 1. The third kappa shape index (κ3) is 5.57. The summed E-state index contributed by atoms with van der Waals surface area (Å²) in [4.78, 5) is 40.8. The molecule has 7 nitrogen and oxygen atoms in total. The van der Waals surface area contributed by atoms with Gasteiger partial charge in [0.25, 0.3) is 5.91 Å². The Labute approximate surface area is 212 Å². The second kappa shape index (κ2) is 10.6. The number of hydrogen-bond acceptors (Lipinski definition) is 6. The normalized spacial score (nSPS) is 14.4. The van der Waals surface area contributed by atoms with Crippen LogP contribution in [0.1, 0.15) is 45.6 Å². The number of hydrogen-bond donors (Lipinski definition) is 2. The second-order valence-electron chi connectivity index (χ2n) is 8.63. The first-order valence-corrected chi connectivity index (χ1v) is 13.8. The molecule has 35 heavy (non-hydrogen) atoms. The summed E-state index contributed by atoms with van der Waals surface area (Å²) in [5, 5.41) is 5.69. The van der Waals surface area contributed by atoms with Gasteiger partial charge in [0.15, 0.2) is 0 Å². The smallest absolute Gasteiger partial charge is 0.271 e. The number of likely N-dealkylation sites (tertiary alicyclic amines) is 1. The molecule has 0 bridgehead atoms. The summed E-state index contributed by atoms with van der Waals surface area (Å²) in [5.41, 5.74) is 3.32. The minimum absolute atomic E-state index is 0.171. The number of fused-ring (bicyclic) bond motifs is 1. The summed E-state index contributed by atoms with van der Waals surface area (Å²) in [6.45, 7) is 1.76. The van der Waals surface area contributed by atoms with Gasteiger partial charge in [-0.25, -0.2) is 9.97 Å². The van der Waals surface area contributed by atoms with Crippen molar-refractivity contribution in [3.05, 3.63) is 76.0 Å². The van der Waals surface area contributed by atoms with Crippen molar-refractivity contribution in [2.24, 2.45) is 0 Å². The van der Waals surface area contributed by atoms with E-state index in [1.165, 1.54) is 16.2 Å². The summed E-state index contributed by atoms with van der Waals surface area (Å²) in [7, 11) is 0. The molecule has 2 N–H and O–H groups in total. The van der Waals surface area contributed by atoms with Gasteiger partial charge in [0.2, 0.25) is 5.91 Å². The number of carbonyl (C=O) groups is 2. The maximum atomic E-state index is 12.8. The molecule has 2 amide bonds. The van der Waals surface area contributed by atoms with Gasteiger partial charge in [0, 0.05) is 29.3 Å². The number of amides is 2. The zero-order valence-electron chi connectivity index (χ0n) is 19.5. The van der Waals surface area contributed by atoms with Crippen LogP contribution in [0.3, 0.4) is 0 Å². The average Bonchev–Trinajstić information content (AvgIpc) is 3.55. The van der Waals surface area contributed by atoms with Crippen LogP contribution in [0.2, 0.25) is 0 Å². The van der Waals surface area contributed by atoms with Crippen molar-refractivity contribution in [2.45, 2.75) is 36.6 Å². The topological polar surface area (TPSA) is 91.0 Å².